The molecular weight excluding hydrogens is 345 g/mol. The summed E-state index contributed by atoms with van der Waals surface area (Å²) in [4.78, 5) is 12.1. The largest absolute Gasteiger partial charge is 0.330 e. The number of halogens is 1. The molecule has 0 aliphatic heterocycles. The number of rotatable bonds is 6. The Hall–Kier alpha value is -2.25. The van der Waals surface area contributed by atoms with Gasteiger partial charge >= 0.3 is 0 Å². The molecule has 0 bridgehead atoms. The number of aryl methyl sites for hydroxylation is 1. The number of benzene rings is 2. The summed E-state index contributed by atoms with van der Waals surface area (Å²) >= 11 is 2.71. The van der Waals surface area contributed by atoms with Crippen LogP contribution in [0, 0.1) is 12.7 Å². The molecule has 0 unspecified atom stereocenters. The summed E-state index contributed by atoms with van der Waals surface area (Å²) in [5, 5.41) is 12.0. The predicted octanol–water partition coefficient (Wildman–Crippen LogP) is 4.70. The van der Waals surface area contributed by atoms with Crippen molar-refractivity contribution >= 4 is 39.7 Å². The van der Waals surface area contributed by atoms with Gasteiger partial charge in [0.2, 0.25) is 5.13 Å². The Balaban J connectivity index is 1.58. The molecule has 1 aromatic heterocycles. The number of carbonyl (C=O) groups excluding carboxylic acids is 1. The number of anilines is 2. The van der Waals surface area contributed by atoms with Gasteiger partial charge in [-0.05, 0) is 48.9 Å². The molecule has 0 aliphatic carbocycles. The lowest BCUT2D eigenvalue weighted by Gasteiger charge is -2.02. The van der Waals surface area contributed by atoms with Gasteiger partial charge in [0.05, 0.1) is 5.75 Å². The number of thioether (sulfide) groups is 1. The van der Waals surface area contributed by atoms with Gasteiger partial charge in [-0.3, -0.25) is 4.79 Å². The summed E-state index contributed by atoms with van der Waals surface area (Å²) in [5.74, 6) is -0.177. The standard InChI is InChI=1S/C17H14FN3OS2/c1-11-3-2-4-14(9-11)19-16-20-21-17(24-16)23-10-15(22)12-5-7-13(18)8-6-12/h2-9H,10H2,1H3,(H,19,20). The fourth-order valence-corrected chi connectivity index (χ4v) is 3.68. The second-order valence-electron chi connectivity index (χ2n) is 5.09. The van der Waals surface area contributed by atoms with Crippen LogP contribution in [0.25, 0.3) is 0 Å². The maximum atomic E-state index is 12.9. The third kappa shape index (κ3) is 4.39. The zero-order valence-electron chi connectivity index (χ0n) is 12.8. The minimum absolute atomic E-state index is 0.0663. The quantitative estimate of drug-likeness (QED) is 0.510. The minimum atomic E-state index is -0.352. The van der Waals surface area contributed by atoms with E-state index in [9.17, 15) is 9.18 Å². The lowest BCUT2D eigenvalue weighted by Crippen LogP contribution is -2.01. The fraction of sp³-hybridized carbons (Fsp3) is 0.118. The van der Waals surface area contributed by atoms with Crippen LogP contribution in [-0.2, 0) is 0 Å². The zero-order chi connectivity index (χ0) is 16.9. The summed E-state index contributed by atoms with van der Waals surface area (Å²) < 4.78 is 13.6. The van der Waals surface area contributed by atoms with Gasteiger partial charge in [0.15, 0.2) is 10.1 Å². The van der Waals surface area contributed by atoms with Crippen molar-refractivity contribution in [1.82, 2.24) is 10.2 Å². The average molecular weight is 359 g/mol. The van der Waals surface area contributed by atoms with Crippen molar-refractivity contribution in [2.75, 3.05) is 11.1 Å². The van der Waals surface area contributed by atoms with E-state index in [1.807, 2.05) is 31.2 Å². The van der Waals surface area contributed by atoms with E-state index >= 15 is 0 Å². The first-order valence-electron chi connectivity index (χ1n) is 7.19. The first kappa shape index (κ1) is 16.6. The molecule has 0 fully saturated rings. The van der Waals surface area contributed by atoms with Gasteiger partial charge in [-0.25, -0.2) is 4.39 Å². The third-order valence-electron chi connectivity index (χ3n) is 3.17. The van der Waals surface area contributed by atoms with Crippen LogP contribution in [0.2, 0.25) is 0 Å². The van der Waals surface area contributed by atoms with E-state index in [-0.39, 0.29) is 17.4 Å². The van der Waals surface area contributed by atoms with E-state index in [2.05, 4.69) is 15.5 Å². The number of hydrogen-bond acceptors (Lipinski definition) is 6. The van der Waals surface area contributed by atoms with Crippen LogP contribution in [0.3, 0.4) is 0 Å². The molecule has 0 radical (unpaired) electrons. The van der Waals surface area contributed by atoms with Crippen LogP contribution in [-0.4, -0.2) is 21.7 Å². The molecule has 0 saturated heterocycles. The van der Waals surface area contributed by atoms with E-state index < -0.39 is 0 Å². The maximum Gasteiger partial charge on any atom is 0.210 e. The van der Waals surface area contributed by atoms with Gasteiger partial charge in [0.1, 0.15) is 5.82 Å². The molecule has 3 aromatic rings. The minimum Gasteiger partial charge on any atom is -0.330 e. The lowest BCUT2D eigenvalue weighted by molar-refractivity contribution is 0.102. The highest BCUT2D eigenvalue weighted by atomic mass is 32.2. The number of nitrogens with zero attached hydrogens (tertiary/aromatic N) is 2. The van der Waals surface area contributed by atoms with Crippen molar-refractivity contribution in [3.63, 3.8) is 0 Å². The van der Waals surface area contributed by atoms with Gasteiger partial charge in [0, 0.05) is 11.3 Å². The molecule has 1 heterocycles. The summed E-state index contributed by atoms with van der Waals surface area (Å²) in [5.41, 5.74) is 2.60. The first-order chi connectivity index (χ1) is 11.6. The molecule has 0 saturated carbocycles. The highest BCUT2D eigenvalue weighted by molar-refractivity contribution is 8.01. The molecule has 4 nitrogen and oxygen atoms in total. The molecule has 0 aliphatic rings. The monoisotopic (exact) mass is 359 g/mol. The van der Waals surface area contributed by atoms with Crippen LogP contribution >= 0.6 is 23.1 Å². The Kier molecular flexibility index (Phi) is 5.22. The second kappa shape index (κ2) is 7.55. The summed E-state index contributed by atoms with van der Waals surface area (Å²) in [7, 11) is 0. The number of hydrogen-bond donors (Lipinski definition) is 1. The van der Waals surface area contributed by atoms with E-state index in [1.165, 1.54) is 47.4 Å². The Bertz CT molecular complexity index is 849. The van der Waals surface area contributed by atoms with Crippen LogP contribution in [0.15, 0.2) is 52.9 Å². The summed E-state index contributed by atoms with van der Waals surface area (Å²) in [6.07, 6.45) is 0. The Labute approximate surface area is 147 Å². The highest BCUT2D eigenvalue weighted by Crippen LogP contribution is 2.28. The van der Waals surface area contributed by atoms with Gasteiger partial charge in [0.25, 0.3) is 0 Å². The number of carbonyl (C=O) groups is 1. The van der Waals surface area contributed by atoms with Crippen molar-refractivity contribution < 1.29 is 9.18 Å². The molecule has 24 heavy (non-hydrogen) atoms. The van der Waals surface area contributed by atoms with Gasteiger partial charge in [-0.15, -0.1) is 10.2 Å². The number of ketones is 1. The average Bonchev–Trinajstić information content (AvgIpc) is 3.01. The van der Waals surface area contributed by atoms with Gasteiger partial charge < -0.3 is 5.32 Å². The van der Waals surface area contributed by atoms with E-state index in [4.69, 9.17) is 0 Å². The van der Waals surface area contributed by atoms with Crippen molar-refractivity contribution in [2.24, 2.45) is 0 Å². The van der Waals surface area contributed by atoms with Crippen LogP contribution in [0.5, 0.6) is 0 Å². The Morgan fingerprint density at radius 1 is 1.21 bits per heavy atom. The topological polar surface area (TPSA) is 54.9 Å². The second-order valence-corrected chi connectivity index (χ2v) is 7.29. The SMILES string of the molecule is Cc1cccc(Nc2nnc(SCC(=O)c3ccc(F)cc3)s2)c1. The van der Waals surface area contributed by atoms with E-state index in [0.717, 1.165) is 11.3 Å². The van der Waals surface area contributed by atoms with Crippen molar-refractivity contribution in [2.45, 2.75) is 11.3 Å². The first-order valence-corrected chi connectivity index (χ1v) is 8.99. The summed E-state index contributed by atoms with van der Waals surface area (Å²) in [6.45, 7) is 2.02. The smallest absolute Gasteiger partial charge is 0.210 e. The highest BCUT2D eigenvalue weighted by Gasteiger charge is 2.10. The zero-order valence-corrected chi connectivity index (χ0v) is 14.5. The molecule has 0 amide bonds. The van der Waals surface area contributed by atoms with Gasteiger partial charge in [-0.1, -0.05) is 35.2 Å². The van der Waals surface area contributed by atoms with Crippen molar-refractivity contribution in [3.8, 4) is 0 Å². The third-order valence-corrected chi connectivity index (χ3v) is 5.14. The number of nitrogens with one attached hydrogen (secondary N) is 1. The van der Waals surface area contributed by atoms with Gasteiger partial charge in [-0.2, -0.15) is 0 Å². The molecule has 0 atom stereocenters. The van der Waals surface area contributed by atoms with E-state index in [1.54, 1.807) is 0 Å². The van der Waals surface area contributed by atoms with Crippen molar-refractivity contribution in [1.29, 1.82) is 0 Å². The number of Topliss-reactive ketones (excluding diaryl/α,β-unsaturated/α-hetero) is 1. The lowest BCUT2D eigenvalue weighted by atomic mass is 10.1. The Morgan fingerprint density at radius 2 is 2.00 bits per heavy atom. The van der Waals surface area contributed by atoms with Crippen LogP contribution in [0.1, 0.15) is 15.9 Å². The molecule has 122 valence electrons. The van der Waals surface area contributed by atoms with E-state index in [0.29, 0.717) is 15.0 Å². The molecular formula is C17H14FN3OS2. The summed E-state index contributed by atoms with van der Waals surface area (Å²) in [6, 6.07) is 13.5. The normalized spacial score (nSPS) is 10.6. The molecule has 1 N–H and O–H groups in total. The van der Waals surface area contributed by atoms with Crippen molar-refractivity contribution in [3.05, 3.63) is 65.5 Å². The van der Waals surface area contributed by atoms with Crippen LogP contribution in [0.4, 0.5) is 15.2 Å². The number of aromatic nitrogens is 2. The van der Waals surface area contributed by atoms with Crippen LogP contribution < -0.4 is 5.32 Å². The molecule has 0 spiro atoms. The predicted molar refractivity (Wildman–Crippen MR) is 95.8 cm³/mol. The molecule has 2 aromatic carbocycles. The maximum absolute atomic E-state index is 12.9. The Morgan fingerprint density at radius 3 is 2.75 bits per heavy atom. The fourth-order valence-electron chi connectivity index (χ4n) is 2.01. The molecule has 3 rings (SSSR count). The molecule has 7 heteroatoms.